The van der Waals surface area contributed by atoms with Gasteiger partial charge in [0, 0.05) is 17.3 Å². The van der Waals surface area contributed by atoms with E-state index >= 15 is 0 Å². The van der Waals surface area contributed by atoms with Gasteiger partial charge in [-0.15, -0.1) is 0 Å². The molecule has 3 N–H and O–H groups in total. The van der Waals surface area contributed by atoms with Crippen molar-refractivity contribution in [2.45, 2.75) is 51.7 Å². The molecule has 2 rings (SSSR count). The zero-order valence-electron chi connectivity index (χ0n) is 12.9. The van der Waals surface area contributed by atoms with Crippen LogP contribution in [-0.4, -0.2) is 18.1 Å². The van der Waals surface area contributed by atoms with Crippen LogP contribution in [0.2, 0.25) is 0 Å². The Morgan fingerprint density at radius 3 is 2.82 bits per heavy atom. The Morgan fingerprint density at radius 2 is 2.18 bits per heavy atom. The fraction of sp³-hybridized carbons (Fsp3) is 0.562. The number of benzene rings is 1. The maximum atomic E-state index is 12.4. The molecule has 2 unspecified atom stereocenters. The molecule has 0 saturated heterocycles. The van der Waals surface area contributed by atoms with E-state index in [1.807, 2.05) is 6.92 Å². The monoisotopic (exact) mass is 312 g/mol. The lowest BCUT2D eigenvalue weighted by Gasteiger charge is -2.37. The van der Waals surface area contributed by atoms with E-state index in [1.165, 1.54) is 6.07 Å². The van der Waals surface area contributed by atoms with Gasteiger partial charge in [-0.05, 0) is 38.3 Å². The van der Waals surface area contributed by atoms with E-state index in [0.29, 0.717) is 11.3 Å². The number of hydrogen-bond acceptors (Lipinski definition) is 3. The molecule has 1 aliphatic carbocycles. The number of hydrogen-bond donors (Lipinski definition) is 2. The summed E-state index contributed by atoms with van der Waals surface area (Å²) in [7, 11) is 0. The highest BCUT2D eigenvalue weighted by Gasteiger charge is 2.37. The molecule has 0 aromatic heterocycles. The highest BCUT2D eigenvalue weighted by molar-refractivity contribution is 5.93. The molecule has 122 valence electrons. The van der Waals surface area contributed by atoms with Crippen molar-refractivity contribution in [2.24, 2.45) is 11.7 Å². The zero-order valence-corrected chi connectivity index (χ0v) is 12.9. The predicted molar refractivity (Wildman–Crippen MR) is 81.0 cm³/mol. The molecule has 0 spiro atoms. The van der Waals surface area contributed by atoms with E-state index in [4.69, 9.17) is 5.73 Å². The van der Waals surface area contributed by atoms with Gasteiger partial charge in [-0.2, -0.15) is 8.78 Å². The van der Waals surface area contributed by atoms with E-state index in [2.05, 4.69) is 10.1 Å². The summed E-state index contributed by atoms with van der Waals surface area (Å²) in [5, 5.41) is 2.76. The second kappa shape index (κ2) is 6.60. The van der Waals surface area contributed by atoms with Crippen molar-refractivity contribution < 1.29 is 18.3 Å². The van der Waals surface area contributed by atoms with Gasteiger partial charge in [0.2, 0.25) is 5.91 Å². The Morgan fingerprint density at radius 1 is 1.45 bits per heavy atom. The van der Waals surface area contributed by atoms with Gasteiger partial charge in [-0.1, -0.05) is 18.9 Å². The van der Waals surface area contributed by atoms with Crippen LogP contribution in [0.3, 0.4) is 0 Å². The van der Waals surface area contributed by atoms with Crippen LogP contribution in [0.15, 0.2) is 18.2 Å². The van der Waals surface area contributed by atoms with Crippen LogP contribution in [0.1, 0.15) is 38.2 Å². The van der Waals surface area contributed by atoms with Crippen molar-refractivity contribution in [3.63, 3.8) is 0 Å². The average Bonchev–Trinajstić information content (AvgIpc) is 2.41. The number of aryl methyl sites for hydroxylation is 1. The van der Waals surface area contributed by atoms with Crippen molar-refractivity contribution in [3.8, 4) is 5.75 Å². The molecule has 0 heterocycles. The summed E-state index contributed by atoms with van der Waals surface area (Å²) >= 11 is 0. The van der Waals surface area contributed by atoms with Crippen LogP contribution in [0.5, 0.6) is 5.75 Å². The van der Waals surface area contributed by atoms with Crippen molar-refractivity contribution in [2.75, 3.05) is 5.32 Å². The minimum atomic E-state index is -2.89. The first-order chi connectivity index (χ1) is 10.3. The molecule has 0 bridgehead atoms. The summed E-state index contributed by atoms with van der Waals surface area (Å²) in [6, 6.07) is 4.72. The fourth-order valence-corrected chi connectivity index (χ4v) is 2.92. The van der Waals surface area contributed by atoms with Gasteiger partial charge in [-0.25, -0.2) is 0 Å². The van der Waals surface area contributed by atoms with Crippen LogP contribution in [0.4, 0.5) is 14.5 Å². The van der Waals surface area contributed by atoms with Crippen molar-refractivity contribution in [1.29, 1.82) is 0 Å². The number of alkyl halides is 2. The maximum Gasteiger partial charge on any atom is 0.387 e. The predicted octanol–water partition coefficient (Wildman–Crippen LogP) is 3.44. The number of carbonyl (C=O) groups excluding carboxylic acids is 1. The smallest absolute Gasteiger partial charge is 0.387 e. The van der Waals surface area contributed by atoms with Crippen molar-refractivity contribution >= 4 is 11.6 Å². The molecular weight excluding hydrogens is 290 g/mol. The number of nitrogens with two attached hydrogens (primary N) is 1. The lowest BCUT2D eigenvalue weighted by molar-refractivity contribution is -0.122. The summed E-state index contributed by atoms with van der Waals surface area (Å²) in [6.07, 6.45) is 3.54. The molecule has 6 heteroatoms. The second-order valence-electron chi connectivity index (χ2n) is 6.15. The molecular formula is C16H22F2N2O2. The van der Waals surface area contributed by atoms with Crippen molar-refractivity contribution in [3.05, 3.63) is 23.8 Å². The van der Waals surface area contributed by atoms with E-state index < -0.39 is 12.2 Å². The lowest BCUT2D eigenvalue weighted by Crippen LogP contribution is -2.51. The van der Waals surface area contributed by atoms with Gasteiger partial charge >= 0.3 is 6.61 Å². The van der Waals surface area contributed by atoms with Gasteiger partial charge in [-0.3, -0.25) is 4.79 Å². The molecule has 1 saturated carbocycles. The van der Waals surface area contributed by atoms with Crippen LogP contribution in [0, 0.1) is 12.8 Å². The number of rotatable bonds is 4. The van der Waals surface area contributed by atoms with Crippen LogP contribution in [0.25, 0.3) is 0 Å². The Balaban J connectivity index is 2.11. The minimum absolute atomic E-state index is 0.0620. The number of amides is 1. The summed E-state index contributed by atoms with van der Waals surface area (Å²) < 4.78 is 29.2. The number of anilines is 1. The standard InChI is InChI=1S/C16H22F2N2O2/c1-10-6-7-11(9-13(10)22-15(17)18)20-14(21)12-5-3-4-8-16(12,2)19/h6-7,9,12,15H,3-5,8,19H2,1-2H3,(H,20,21). The quantitative estimate of drug-likeness (QED) is 0.895. The van der Waals surface area contributed by atoms with Gasteiger partial charge < -0.3 is 15.8 Å². The van der Waals surface area contributed by atoms with E-state index in [9.17, 15) is 13.6 Å². The normalized spacial score (nSPS) is 25.1. The SMILES string of the molecule is Cc1ccc(NC(=O)C2CCCCC2(C)N)cc1OC(F)F. The topological polar surface area (TPSA) is 64.4 Å². The highest BCUT2D eigenvalue weighted by Crippen LogP contribution is 2.33. The molecule has 0 aliphatic heterocycles. The van der Waals surface area contributed by atoms with Crippen LogP contribution >= 0.6 is 0 Å². The Bertz CT molecular complexity index is 547. The molecule has 1 fully saturated rings. The average molecular weight is 312 g/mol. The summed E-state index contributed by atoms with van der Waals surface area (Å²) in [5.41, 5.74) is 6.70. The largest absolute Gasteiger partial charge is 0.434 e. The van der Waals surface area contributed by atoms with Gasteiger partial charge in [0.15, 0.2) is 0 Å². The van der Waals surface area contributed by atoms with Crippen LogP contribution in [-0.2, 0) is 4.79 Å². The highest BCUT2D eigenvalue weighted by atomic mass is 19.3. The Labute approximate surface area is 129 Å². The third-order valence-electron chi connectivity index (χ3n) is 4.24. The molecule has 4 nitrogen and oxygen atoms in total. The minimum Gasteiger partial charge on any atom is -0.434 e. The Kier molecular flexibility index (Phi) is 5.01. The number of nitrogens with one attached hydrogen (secondary N) is 1. The Hall–Kier alpha value is -1.69. The number of carbonyl (C=O) groups is 1. The molecule has 1 aromatic carbocycles. The second-order valence-corrected chi connectivity index (χ2v) is 6.15. The molecule has 0 radical (unpaired) electrons. The molecule has 2 atom stereocenters. The molecule has 22 heavy (non-hydrogen) atoms. The summed E-state index contributed by atoms with van der Waals surface area (Å²) in [4.78, 5) is 12.4. The number of ether oxygens (including phenoxy) is 1. The van der Waals surface area contributed by atoms with Gasteiger partial charge in [0.25, 0.3) is 0 Å². The van der Waals surface area contributed by atoms with Gasteiger partial charge in [0.05, 0.1) is 5.92 Å². The zero-order chi connectivity index (χ0) is 16.3. The molecule has 1 aliphatic rings. The fourth-order valence-electron chi connectivity index (χ4n) is 2.92. The third kappa shape index (κ3) is 3.94. The van der Waals surface area contributed by atoms with Gasteiger partial charge in [0.1, 0.15) is 5.75 Å². The molecule has 1 amide bonds. The van der Waals surface area contributed by atoms with Crippen molar-refractivity contribution in [1.82, 2.24) is 0 Å². The first kappa shape index (κ1) is 16.7. The van der Waals surface area contributed by atoms with E-state index in [-0.39, 0.29) is 17.6 Å². The van der Waals surface area contributed by atoms with Crippen LogP contribution < -0.4 is 15.8 Å². The first-order valence-electron chi connectivity index (χ1n) is 7.45. The maximum absolute atomic E-state index is 12.4. The first-order valence-corrected chi connectivity index (χ1v) is 7.45. The summed E-state index contributed by atoms with van der Waals surface area (Å²) in [5.74, 6) is -0.384. The van der Waals surface area contributed by atoms with E-state index in [0.717, 1.165) is 25.7 Å². The van der Waals surface area contributed by atoms with E-state index in [1.54, 1.807) is 19.1 Å². The third-order valence-corrected chi connectivity index (χ3v) is 4.24. The summed E-state index contributed by atoms with van der Waals surface area (Å²) in [6.45, 7) is 0.661. The lowest BCUT2D eigenvalue weighted by atomic mass is 9.74. The number of halogens is 2. The molecule has 1 aromatic rings.